The molecule has 0 aromatic heterocycles. The van der Waals surface area contributed by atoms with Crippen molar-refractivity contribution < 1.29 is 23.9 Å². The molecule has 0 aliphatic rings. The molecule has 0 heterocycles. The maximum atomic E-state index is 12.5. The lowest BCUT2D eigenvalue weighted by Crippen LogP contribution is -2.50. The van der Waals surface area contributed by atoms with Crippen LogP contribution in [0.25, 0.3) is 0 Å². The Hall–Kier alpha value is -2.83. The van der Waals surface area contributed by atoms with Gasteiger partial charge in [0.15, 0.2) is 0 Å². The first kappa shape index (κ1) is 22.2. The number of carbonyl (C=O) groups is 3. The fraction of sp³-hybridized carbons (Fsp3) is 0.450. The number of carbonyl (C=O) groups excluding carboxylic acids is 3. The lowest BCUT2D eigenvalue weighted by Gasteiger charge is -2.23. The molecule has 1 rings (SSSR count). The zero-order valence-corrected chi connectivity index (χ0v) is 16.1. The van der Waals surface area contributed by atoms with Crippen molar-refractivity contribution in [3.05, 3.63) is 48.6 Å². The van der Waals surface area contributed by atoms with Gasteiger partial charge >= 0.3 is 12.1 Å². The van der Waals surface area contributed by atoms with Crippen LogP contribution < -0.4 is 10.6 Å². The quantitative estimate of drug-likeness (QED) is 0.392. The number of esters is 1. The Morgan fingerprint density at radius 1 is 1.19 bits per heavy atom. The van der Waals surface area contributed by atoms with Gasteiger partial charge in [-0.05, 0) is 32.8 Å². The van der Waals surface area contributed by atoms with Crippen LogP contribution in [-0.4, -0.2) is 42.8 Å². The molecule has 7 nitrogen and oxygen atoms in total. The van der Waals surface area contributed by atoms with Crippen molar-refractivity contribution in [2.45, 2.75) is 45.3 Å². The Bertz CT molecular complexity index is 638. The van der Waals surface area contributed by atoms with Gasteiger partial charge in [-0.1, -0.05) is 36.4 Å². The molecule has 2 N–H and O–H groups in total. The molecule has 2 amide bonds. The molecule has 0 spiro atoms. The highest BCUT2D eigenvalue weighted by Crippen LogP contribution is 2.08. The summed E-state index contributed by atoms with van der Waals surface area (Å²) >= 11 is 0. The van der Waals surface area contributed by atoms with Gasteiger partial charge < -0.3 is 20.1 Å². The van der Waals surface area contributed by atoms with Crippen molar-refractivity contribution in [2.24, 2.45) is 0 Å². The Morgan fingerprint density at radius 3 is 2.44 bits per heavy atom. The SMILES string of the molecule is C=CCCOC(=O)CNC(=O)[C@H](Cc1ccccc1)NC(=O)OC(C)(C)C. The average molecular weight is 376 g/mol. The van der Waals surface area contributed by atoms with Gasteiger partial charge in [0.2, 0.25) is 5.91 Å². The van der Waals surface area contributed by atoms with Crippen LogP contribution in [0, 0.1) is 0 Å². The zero-order chi connectivity index (χ0) is 20.3. The van der Waals surface area contributed by atoms with Crippen molar-refractivity contribution in [1.29, 1.82) is 0 Å². The number of amides is 2. The van der Waals surface area contributed by atoms with Gasteiger partial charge in [0.1, 0.15) is 18.2 Å². The number of alkyl carbamates (subject to hydrolysis) is 1. The third kappa shape index (κ3) is 10.0. The highest BCUT2D eigenvalue weighted by atomic mass is 16.6. The Labute approximate surface area is 160 Å². The van der Waals surface area contributed by atoms with Crippen LogP contribution in [0.2, 0.25) is 0 Å². The molecule has 0 aliphatic heterocycles. The van der Waals surface area contributed by atoms with E-state index in [1.807, 2.05) is 30.3 Å². The van der Waals surface area contributed by atoms with Crippen LogP contribution in [0.5, 0.6) is 0 Å². The number of hydrogen-bond acceptors (Lipinski definition) is 5. The van der Waals surface area contributed by atoms with E-state index in [9.17, 15) is 14.4 Å². The molecule has 1 aromatic rings. The summed E-state index contributed by atoms with van der Waals surface area (Å²) in [4.78, 5) is 36.2. The van der Waals surface area contributed by atoms with E-state index in [1.165, 1.54) is 0 Å². The normalized spacial score (nSPS) is 11.8. The molecule has 27 heavy (non-hydrogen) atoms. The van der Waals surface area contributed by atoms with Gasteiger partial charge in [-0.2, -0.15) is 0 Å². The highest BCUT2D eigenvalue weighted by molar-refractivity contribution is 5.88. The van der Waals surface area contributed by atoms with E-state index in [2.05, 4.69) is 17.2 Å². The van der Waals surface area contributed by atoms with E-state index in [1.54, 1.807) is 26.8 Å². The van der Waals surface area contributed by atoms with E-state index in [0.29, 0.717) is 6.42 Å². The summed E-state index contributed by atoms with van der Waals surface area (Å²) in [5, 5.41) is 5.05. The van der Waals surface area contributed by atoms with Gasteiger partial charge in [-0.25, -0.2) is 4.79 Å². The molecule has 0 bridgehead atoms. The lowest BCUT2D eigenvalue weighted by molar-refractivity contribution is -0.143. The van der Waals surface area contributed by atoms with Gasteiger partial charge in [0.05, 0.1) is 6.61 Å². The number of hydrogen-bond donors (Lipinski definition) is 2. The Morgan fingerprint density at radius 2 is 1.85 bits per heavy atom. The molecular formula is C20H28N2O5. The number of ether oxygens (including phenoxy) is 2. The van der Waals surface area contributed by atoms with E-state index in [-0.39, 0.29) is 19.6 Å². The summed E-state index contributed by atoms with van der Waals surface area (Å²) in [5.41, 5.74) is 0.176. The topological polar surface area (TPSA) is 93.7 Å². The minimum atomic E-state index is -0.886. The van der Waals surface area contributed by atoms with Gasteiger partial charge in [0.25, 0.3) is 0 Å². The maximum absolute atomic E-state index is 12.5. The van der Waals surface area contributed by atoms with Gasteiger partial charge in [-0.15, -0.1) is 6.58 Å². The first-order valence-corrected chi connectivity index (χ1v) is 8.79. The molecule has 1 aromatic carbocycles. The van der Waals surface area contributed by atoms with Crippen molar-refractivity contribution in [1.82, 2.24) is 10.6 Å². The minimum Gasteiger partial charge on any atom is -0.464 e. The van der Waals surface area contributed by atoms with E-state index in [4.69, 9.17) is 9.47 Å². The van der Waals surface area contributed by atoms with Crippen LogP contribution in [0.4, 0.5) is 4.79 Å². The summed E-state index contributed by atoms with van der Waals surface area (Å²) in [7, 11) is 0. The standard InChI is InChI=1S/C20H28N2O5/c1-5-6-12-26-17(23)14-21-18(24)16(13-15-10-8-7-9-11-15)22-19(25)27-20(2,3)4/h5,7-11,16H,1,6,12-14H2,2-4H3,(H,21,24)(H,22,25)/t16-/m0/s1. The Kier molecular flexibility index (Phi) is 9.05. The predicted octanol–water partition coefficient (Wildman–Crippen LogP) is 2.36. The molecule has 0 unspecified atom stereocenters. The molecular weight excluding hydrogens is 348 g/mol. The lowest BCUT2D eigenvalue weighted by atomic mass is 10.1. The fourth-order valence-corrected chi connectivity index (χ4v) is 2.10. The van der Waals surface area contributed by atoms with E-state index >= 15 is 0 Å². The maximum Gasteiger partial charge on any atom is 0.408 e. The molecule has 148 valence electrons. The van der Waals surface area contributed by atoms with Crippen molar-refractivity contribution in [2.75, 3.05) is 13.2 Å². The van der Waals surface area contributed by atoms with E-state index in [0.717, 1.165) is 5.56 Å². The summed E-state index contributed by atoms with van der Waals surface area (Å²) in [6, 6.07) is 8.35. The molecule has 1 atom stereocenters. The number of benzene rings is 1. The first-order valence-electron chi connectivity index (χ1n) is 8.79. The second-order valence-electron chi connectivity index (χ2n) is 6.90. The Balaban J connectivity index is 2.68. The van der Waals surface area contributed by atoms with Gasteiger partial charge in [-0.3, -0.25) is 9.59 Å². The molecule has 0 aliphatic carbocycles. The van der Waals surface area contributed by atoms with E-state index < -0.39 is 29.6 Å². The summed E-state index contributed by atoms with van der Waals surface area (Å²) in [6.45, 7) is 8.67. The first-order chi connectivity index (χ1) is 12.7. The second kappa shape index (κ2) is 11.0. The predicted molar refractivity (Wildman–Crippen MR) is 102 cm³/mol. The monoisotopic (exact) mass is 376 g/mol. The molecule has 0 saturated heterocycles. The number of nitrogens with one attached hydrogen (secondary N) is 2. The summed E-state index contributed by atoms with van der Waals surface area (Å²) in [6.07, 6.45) is 1.73. The molecule has 0 saturated carbocycles. The van der Waals surface area contributed by atoms with Crippen molar-refractivity contribution >= 4 is 18.0 Å². The van der Waals surface area contributed by atoms with Crippen molar-refractivity contribution in [3.63, 3.8) is 0 Å². The molecule has 7 heteroatoms. The minimum absolute atomic E-state index is 0.210. The third-order valence-corrected chi connectivity index (χ3v) is 3.28. The fourth-order valence-electron chi connectivity index (χ4n) is 2.10. The van der Waals surface area contributed by atoms with Gasteiger partial charge in [0, 0.05) is 6.42 Å². The van der Waals surface area contributed by atoms with Crippen LogP contribution in [0.1, 0.15) is 32.8 Å². The summed E-state index contributed by atoms with van der Waals surface area (Å²) in [5.74, 6) is -1.05. The highest BCUT2D eigenvalue weighted by Gasteiger charge is 2.25. The van der Waals surface area contributed by atoms with Crippen LogP contribution >= 0.6 is 0 Å². The van der Waals surface area contributed by atoms with Crippen LogP contribution in [0.3, 0.4) is 0 Å². The number of rotatable bonds is 9. The summed E-state index contributed by atoms with van der Waals surface area (Å²) < 4.78 is 10.2. The average Bonchev–Trinajstić information content (AvgIpc) is 2.58. The zero-order valence-electron chi connectivity index (χ0n) is 16.1. The third-order valence-electron chi connectivity index (χ3n) is 3.28. The second-order valence-corrected chi connectivity index (χ2v) is 6.90. The smallest absolute Gasteiger partial charge is 0.408 e. The van der Waals surface area contributed by atoms with Crippen molar-refractivity contribution in [3.8, 4) is 0 Å². The molecule has 0 radical (unpaired) electrons. The van der Waals surface area contributed by atoms with Crippen LogP contribution in [-0.2, 0) is 25.5 Å². The van der Waals surface area contributed by atoms with Crippen LogP contribution in [0.15, 0.2) is 43.0 Å². The molecule has 0 fully saturated rings. The largest absolute Gasteiger partial charge is 0.464 e.